The first-order valence-corrected chi connectivity index (χ1v) is 9.08. The SMILES string of the molecule is CCCCCCCCCCCC(OCCC)OCCC. The maximum Gasteiger partial charge on any atom is 0.157 e. The van der Waals surface area contributed by atoms with E-state index < -0.39 is 0 Å². The van der Waals surface area contributed by atoms with Crippen molar-refractivity contribution in [2.24, 2.45) is 0 Å². The van der Waals surface area contributed by atoms with Crippen LogP contribution in [0.2, 0.25) is 0 Å². The van der Waals surface area contributed by atoms with Gasteiger partial charge in [0.25, 0.3) is 0 Å². The molecule has 0 aliphatic carbocycles. The minimum absolute atomic E-state index is 0.0412. The van der Waals surface area contributed by atoms with Crippen LogP contribution < -0.4 is 0 Å². The number of ether oxygens (including phenoxy) is 2. The normalized spacial score (nSPS) is 11.4. The fourth-order valence-electron chi connectivity index (χ4n) is 2.34. The van der Waals surface area contributed by atoms with E-state index in [1.165, 1.54) is 57.8 Å². The molecule has 0 aromatic rings. The third kappa shape index (κ3) is 14.3. The Morgan fingerprint density at radius 2 is 1.00 bits per heavy atom. The molecule has 0 aromatic carbocycles. The van der Waals surface area contributed by atoms with E-state index in [9.17, 15) is 0 Å². The maximum absolute atomic E-state index is 5.74. The molecule has 0 saturated heterocycles. The molecule has 20 heavy (non-hydrogen) atoms. The first-order chi connectivity index (χ1) is 9.85. The van der Waals surface area contributed by atoms with Crippen LogP contribution in [-0.4, -0.2) is 19.5 Å². The Kier molecular flexibility index (Phi) is 16.9. The Labute approximate surface area is 127 Å². The molecule has 122 valence electrons. The van der Waals surface area contributed by atoms with Crippen molar-refractivity contribution in [2.75, 3.05) is 13.2 Å². The van der Waals surface area contributed by atoms with Crippen molar-refractivity contribution < 1.29 is 9.47 Å². The first kappa shape index (κ1) is 19.9. The van der Waals surface area contributed by atoms with Crippen molar-refractivity contribution in [1.82, 2.24) is 0 Å². The molecule has 2 heteroatoms. The smallest absolute Gasteiger partial charge is 0.157 e. The van der Waals surface area contributed by atoms with Crippen LogP contribution in [0, 0.1) is 0 Å². The minimum Gasteiger partial charge on any atom is -0.353 e. The van der Waals surface area contributed by atoms with Gasteiger partial charge in [-0.15, -0.1) is 0 Å². The largest absolute Gasteiger partial charge is 0.353 e. The molecule has 0 aromatic heterocycles. The highest BCUT2D eigenvalue weighted by Gasteiger charge is 2.08. The molecule has 0 aliphatic rings. The molecule has 0 heterocycles. The molecule has 0 aliphatic heterocycles. The zero-order chi connectivity index (χ0) is 14.9. The summed E-state index contributed by atoms with van der Waals surface area (Å²) in [4.78, 5) is 0. The molecular weight excluding hydrogens is 248 g/mol. The lowest BCUT2D eigenvalue weighted by Gasteiger charge is -2.18. The third-order valence-electron chi connectivity index (χ3n) is 3.56. The maximum atomic E-state index is 5.74. The standard InChI is InChI=1S/C18H38O2/c1-4-7-8-9-10-11-12-13-14-15-18(19-16-5-2)20-17-6-3/h18H,4-17H2,1-3H3. The summed E-state index contributed by atoms with van der Waals surface area (Å²) in [7, 11) is 0. The monoisotopic (exact) mass is 286 g/mol. The lowest BCUT2D eigenvalue weighted by atomic mass is 10.1. The molecule has 0 fully saturated rings. The van der Waals surface area contributed by atoms with E-state index in [0.29, 0.717) is 0 Å². The molecule has 0 radical (unpaired) electrons. The molecule has 2 nitrogen and oxygen atoms in total. The molecule has 0 bridgehead atoms. The van der Waals surface area contributed by atoms with Crippen LogP contribution >= 0.6 is 0 Å². The zero-order valence-electron chi connectivity index (χ0n) is 14.3. The van der Waals surface area contributed by atoms with Crippen LogP contribution in [0.4, 0.5) is 0 Å². The highest BCUT2D eigenvalue weighted by atomic mass is 16.7. The van der Waals surface area contributed by atoms with Crippen LogP contribution in [0.5, 0.6) is 0 Å². The van der Waals surface area contributed by atoms with Crippen molar-refractivity contribution in [3.05, 3.63) is 0 Å². The topological polar surface area (TPSA) is 18.5 Å². The summed E-state index contributed by atoms with van der Waals surface area (Å²) >= 11 is 0. The van der Waals surface area contributed by atoms with Crippen LogP contribution in [0.15, 0.2) is 0 Å². The van der Waals surface area contributed by atoms with Gasteiger partial charge in [0.1, 0.15) is 0 Å². The van der Waals surface area contributed by atoms with Crippen LogP contribution in [0.3, 0.4) is 0 Å². The quantitative estimate of drug-likeness (QED) is 0.252. The summed E-state index contributed by atoms with van der Waals surface area (Å²) in [5, 5.41) is 0. The Bertz CT molecular complexity index is 163. The average Bonchev–Trinajstić information content (AvgIpc) is 2.47. The van der Waals surface area contributed by atoms with Gasteiger partial charge in [0, 0.05) is 13.2 Å². The van der Waals surface area contributed by atoms with Crippen molar-refractivity contribution in [2.45, 2.75) is 104 Å². The predicted octanol–water partition coefficient (Wildman–Crippen LogP) is 6.09. The lowest BCUT2D eigenvalue weighted by Crippen LogP contribution is -2.18. The van der Waals surface area contributed by atoms with Crippen LogP contribution in [0.1, 0.15) is 97.8 Å². The summed E-state index contributed by atoms with van der Waals surface area (Å²) in [5.74, 6) is 0. The van der Waals surface area contributed by atoms with Gasteiger partial charge in [0.2, 0.25) is 0 Å². The van der Waals surface area contributed by atoms with Gasteiger partial charge >= 0.3 is 0 Å². The lowest BCUT2D eigenvalue weighted by molar-refractivity contribution is -0.146. The van der Waals surface area contributed by atoms with Crippen LogP contribution in [0.25, 0.3) is 0 Å². The number of unbranched alkanes of at least 4 members (excludes halogenated alkanes) is 8. The predicted molar refractivity (Wildman–Crippen MR) is 88.1 cm³/mol. The second kappa shape index (κ2) is 17.0. The molecular formula is C18H38O2. The highest BCUT2D eigenvalue weighted by molar-refractivity contribution is 4.51. The number of rotatable bonds is 16. The van der Waals surface area contributed by atoms with Gasteiger partial charge in [-0.3, -0.25) is 0 Å². The van der Waals surface area contributed by atoms with Crippen LogP contribution in [-0.2, 0) is 9.47 Å². The molecule has 0 atom stereocenters. The van der Waals surface area contributed by atoms with E-state index >= 15 is 0 Å². The van der Waals surface area contributed by atoms with Gasteiger partial charge in [0.05, 0.1) is 0 Å². The Morgan fingerprint density at radius 3 is 1.45 bits per heavy atom. The van der Waals surface area contributed by atoms with Gasteiger partial charge in [-0.1, -0.05) is 72.1 Å². The summed E-state index contributed by atoms with van der Waals surface area (Å²) in [5.41, 5.74) is 0. The van der Waals surface area contributed by atoms with Gasteiger partial charge in [0.15, 0.2) is 6.29 Å². The summed E-state index contributed by atoms with van der Waals surface area (Å²) < 4.78 is 11.5. The van der Waals surface area contributed by atoms with Crippen molar-refractivity contribution >= 4 is 0 Å². The number of hydrogen-bond donors (Lipinski definition) is 0. The van der Waals surface area contributed by atoms with E-state index in [4.69, 9.17) is 9.47 Å². The van der Waals surface area contributed by atoms with Crippen molar-refractivity contribution in [1.29, 1.82) is 0 Å². The summed E-state index contributed by atoms with van der Waals surface area (Å²) in [6, 6.07) is 0. The van der Waals surface area contributed by atoms with Gasteiger partial charge < -0.3 is 9.47 Å². The first-order valence-electron chi connectivity index (χ1n) is 9.08. The fraction of sp³-hybridized carbons (Fsp3) is 1.00. The van der Waals surface area contributed by atoms with Crippen molar-refractivity contribution in [3.63, 3.8) is 0 Å². The van der Waals surface area contributed by atoms with Gasteiger partial charge in [-0.05, 0) is 25.7 Å². The van der Waals surface area contributed by atoms with E-state index in [1.807, 2.05) is 0 Å². The molecule has 0 spiro atoms. The van der Waals surface area contributed by atoms with E-state index in [0.717, 1.165) is 32.5 Å². The third-order valence-corrected chi connectivity index (χ3v) is 3.56. The fourth-order valence-corrected chi connectivity index (χ4v) is 2.34. The van der Waals surface area contributed by atoms with Crippen molar-refractivity contribution in [3.8, 4) is 0 Å². The molecule has 0 amide bonds. The molecule has 0 N–H and O–H groups in total. The van der Waals surface area contributed by atoms with E-state index in [2.05, 4.69) is 20.8 Å². The Balaban J connectivity index is 3.38. The minimum atomic E-state index is 0.0412. The molecule has 0 saturated carbocycles. The molecule has 0 rings (SSSR count). The molecule has 0 unspecified atom stereocenters. The zero-order valence-corrected chi connectivity index (χ0v) is 14.3. The Hall–Kier alpha value is -0.0800. The van der Waals surface area contributed by atoms with Gasteiger partial charge in [-0.2, -0.15) is 0 Å². The van der Waals surface area contributed by atoms with Gasteiger partial charge in [-0.25, -0.2) is 0 Å². The number of hydrogen-bond acceptors (Lipinski definition) is 2. The second-order valence-corrected chi connectivity index (χ2v) is 5.79. The van der Waals surface area contributed by atoms with E-state index in [-0.39, 0.29) is 6.29 Å². The second-order valence-electron chi connectivity index (χ2n) is 5.79. The summed E-state index contributed by atoms with van der Waals surface area (Å²) in [6.07, 6.45) is 15.6. The average molecular weight is 286 g/mol. The van der Waals surface area contributed by atoms with E-state index in [1.54, 1.807) is 0 Å². The Morgan fingerprint density at radius 1 is 0.550 bits per heavy atom. The highest BCUT2D eigenvalue weighted by Crippen LogP contribution is 2.13. The summed E-state index contributed by atoms with van der Waals surface area (Å²) in [6.45, 7) is 8.22.